The number of hydrogen-bond donors (Lipinski definition) is 0. The summed E-state index contributed by atoms with van der Waals surface area (Å²) in [4.78, 5) is 1.34. The third kappa shape index (κ3) is 2.12. The molecule has 0 nitrogen and oxygen atoms in total. The fourth-order valence-electron chi connectivity index (χ4n) is 1.37. The zero-order valence-electron chi connectivity index (χ0n) is 8.10. The number of hydrogen-bond acceptors (Lipinski definition) is 1. The molecule has 0 saturated carbocycles. The topological polar surface area (TPSA) is 0 Å². The molecule has 1 heteroatoms. The van der Waals surface area contributed by atoms with E-state index in [1.165, 1.54) is 16.0 Å². The lowest BCUT2D eigenvalue weighted by Gasteiger charge is -1.97. The van der Waals surface area contributed by atoms with Crippen molar-refractivity contribution in [3.63, 3.8) is 0 Å². The molecule has 0 amide bonds. The molecular weight excluding hydrogens is 188 g/mol. The summed E-state index contributed by atoms with van der Waals surface area (Å²) >= 11 is 1.78. The zero-order chi connectivity index (χ0) is 9.80. The third-order valence-corrected chi connectivity index (χ3v) is 3.10. The molecule has 0 unspecified atom stereocenters. The number of thiophene rings is 1. The summed E-state index contributed by atoms with van der Waals surface area (Å²) in [5, 5.41) is 2.11. The highest BCUT2D eigenvalue weighted by Gasteiger charge is 1.95. The first-order valence-corrected chi connectivity index (χ1v) is 5.51. The van der Waals surface area contributed by atoms with Gasteiger partial charge in [-0.05, 0) is 29.5 Å². The smallest absolute Gasteiger partial charge is 0.0299 e. The maximum absolute atomic E-state index is 2.21. The SMILES string of the molecule is C/C(=C\c1ccccc1)c1cccs1. The Morgan fingerprint density at radius 3 is 2.50 bits per heavy atom. The van der Waals surface area contributed by atoms with E-state index in [0.29, 0.717) is 0 Å². The first kappa shape index (κ1) is 9.22. The standard InChI is InChI=1S/C13H12S/c1-11(13-8-5-9-14-13)10-12-6-3-2-4-7-12/h2-10H,1H3/b11-10+. The second-order valence-corrected chi connectivity index (χ2v) is 4.16. The van der Waals surface area contributed by atoms with Crippen LogP contribution in [0.1, 0.15) is 17.4 Å². The molecule has 0 radical (unpaired) electrons. The van der Waals surface area contributed by atoms with Crippen molar-refractivity contribution in [2.75, 3.05) is 0 Å². The molecule has 0 aliphatic rings. The summed E-state index contributed by atoms with van der Waals surface area (Å²) in [5.74, 6) is 0. The van der Waals surface area contributed by atoms with Crippen LogP contribution in [0.4, 0.5) is 0 Å². The number of allylic oxidation sites excluding steroid dienone is 1. The third-order valence-electron chi connectivity index (χ3n) is 2.09. The molecule has 2 rings (SSSR count). The Balaban J connectivity index is 2.28. The van der Waals surface area contributed by atoms with Crippen LogP contribution in [0.25, 0.3) is 11.6 Å². The van der Waals surface area contributed by atoms with E-state index in [1.54, 1.807) is 11.3 Å². The first-order chi connectivity index (χ1) is 6.86. The van der Waals surface area contributed by atoms with E-state index in [9.17, 15) is 0 Å². The van der Waals surface area contributed by atoms with Gasteiger partial charge in [-0.2, -0.15) is 0 Å². The van der Waals surface area contributed by atoms with E-state index in [1.807, 2.05) is 6.07 Å². The fourth-order valence-corrected chi connectivity index (χ4v) is 2.08. The second-order valence-electron chi connectivity index (χ2n) is 3.22. The van der Waals surface area contributed by atoms with Gasteiger partial charge in [0.1, 0.15) is 0 Å². The summed E-state index contributed by atoms with van der Waals surface area (Å²) in [6.45, 7) is 2.15. The van der Waals surface area contributed by atoms with Crippen molar-refractivity contribution >= 4 is 23.0 Å². The van der Waals surface area contributed by atoms with Gasteiger partial charge in [0.2, 0.25) is 0 Å². The van der Waals surface area contributed by atoms with Gasteiger partial charge in [-0.3, -0.25) is 0 Å². The van der Waals surface area contributed by atoms with Crippen molar-refractivity contribution < 1.29 is 0 Å². The van der Waals surface area contributed by atoms with Crippen molar-refractivity contribution in [1.29, 1.82) is 0 Å². The van der Waals surface area contributed by atoms with Gasteiger partial charge >= 0.3 is 0 Å². The lowest BCUT2D eigenvalue weighted by atomic mass is 10.1. The van der Waals surface area contributed by atoms with Gasteiger partial charge < -0.3 is 0 Å². The van der Waals surface area contributed by atoms with Crippen LogP contribution in [-0.2, 0) is 0 Å². The summed E-state index contributed by atoms with van der Waals surface area (Å²) in [5.41, 5.74) is 2.59. The normalized spacial score (nSPS) is 11.6. The summed E-state index contributed by atoms with van der Waals surface area (Å²) in [7, 11) is 0. The van der Waals surface area contributed by atoms with Gasteiger partial charge in [0.15, 0.2) is 0 Å². The average molecular weight is 200 g/mol. The van der Waals surface area contributed by atoms with Crippen molar-refractivity contribution in [1.82, 2.24) is 0 Å². The van der Waals surface area contributed by atoms with Gasteiger partial charge in [0.25, 0.3) is 0 Å². The Kier molecular flexibility index (Phi) is 2.80. The second kappa shape index (κ2) is 4.25. The molecule has 1 aromatic carbocycles. The molecule has 0 N–H and O–H groups in total. The van der Waals surface area contributed by atoms with Crippen LogP contribution in [0.5, 0.6) is 0 Å². The first-order valence-electron chi connectivity index (χ1n) is 4.63. The van der Waals surface area contributed by atoms with Crippen LogP contribution in [0.3, 0.4) is 0 Å². The largest absolute Gasteiger partial charge is 0.144 e. The lowest BCUT2D eigenvalue weighted by molar-refractivity contribution is 1.64. The maximum atomic E-state index is 2.21. The van der Waals surface area contributed by atoms with E-state index in [4.69, 9.17) is 0 Å². The molecule has 0 bridgehead atoms. The highest BCUT2D eigenvalue weighted by molar-refractivity contribution is 7.11. The van der Waals surface area contributed by atoms with Crippen molar-refractivity contribution in [3.05, 3.63) is 58.3 Å². The zero-order valence-corrected chi connectivity index (χ0v) is 8.92. The molecule has 1 aromatic heterocycles. The van der Waals surface area contributed by atoms with Crippen LogP contribution in [-0.4, -0.2) is 0 Å². The molecule has 0 atom stereocenters. The summed E-state index contributed by atoms with van der Waals surface area (Å²) in [6, 6.07) is 14.6. The summed E-state index contributed by atoms with van der Waals surface area (Å²) < 4.78 is 0. The molecular formula is C13H12S. The monoisotopic (exact) mass is 200 g/mol. The highest BCUT2D eigenvalue weighted by Crippen LogP contribution is 2.21. The minimum Gasteiger partial charge on any atom is -0.144 e. The van der Waals surface area contributed by atoms with Crippen LogP contribution < -0.4 is 0 Å². The molecule has 0 spiro atoms. The molecule has 14 heavy (non-hydrogen) atoms. The van der Waals surface area contributed by atoms with Gasteiger partial charge in [0, 0.05) is 4.88 Å². The van der Waals surface area contributed by atoms with Crippen molar-refractivity contribution in [2.45, 2.75) is 6.92 Å². The minimum absolute atomic E-state index is 1.26. The Labute approximate surface area is 88.5 Å². The minimum atomic E-state index is 1.26. The highest BCUT2D eigenvalue weighted by atomic mass is 32.1. The molecule has 0 saturated heterocycles. The number of benzene rings is 1. The van der Waals surface area contributed by atoms with Crippen LogP contribution in [0, 0.1) is 0 Å². The van der Waals surface area contributed by atoms with E-state index in [-0.39, 0.29) is 0 Å². The van der Waals surface area contributed by atoms with Crippen LogP contribution in [0.2, 0.25) is 0 Å². The van der Waals surface area contributed by atoms with Crippen LogP contribution in [0.15, 0.2) is 47.8 Å². The van der Waals surface area contributed by atoms with Crippen molar-refractivity contribution in [2.24, 2.45) is 0 Å². The Morgan fingerprint density at radius 1 is 1.07 bits per heavy atom. The molecule has 1 heterocycles. The van der Waals surface area contributed by atoms with Gasteiger partial charge in [0.05, 0.1) is 0 Å². The Hall–Kier alpha value is -1.34. The fraction of sp³-hybridized carbons (Fsp3) is 0.0769. The lowest BCUT2D eigenvalue weighted by Crippen LogP contribution is -1.73. The van der Waals surface area contributed by atoms with Crippen molar-refractivity contribution in [3.8, 4) is 0 Å². The predicted molar refractivity (Wildman–Crippen MR) is 64.3 cm³/mol. The molecule has 0 aliphatic carbocycles. The maximum Gasteiger partial charge on any atom is 0.0299 e. The van der Waals surface area contributed by atoms with Gasteiger partial charge in [-0.15, -0.1) is 11.3 Å². The van der Waals surface area contributed by atoms with Gasteiger partial charge in [-0.25, -0.2) is 0 Å². The number of rotatable bonds is 2. The predicted octanol–water partition coefficient (Wildman–Crippen LogP) is 4.31. The Bertz CT molecular complexity index is 410. The van der Waals surface area contributed by atoms with E-state index in [2.05, 4.69) is 54.8 Å². The molecule has 70 valence electrons. The van der Waals surface area contributed by atoms with Gasteiger partial charge in [-0.1, -0.05) is 42.5 Å². The van der Waals surface area contributed by atoms with E-state index >= 15 is 0 Å². The average Bonchev–Trinajstić information content (AvgIpc) is 2.72. The Morgan fingerprint density at radius 2 is 1.86 bits per heavy atom. The molecule has 0 fully saturated rings. The molecule has 2 aromatic rings. The molecule has 0 aliphatic heterocycles. The summed E-state index contributed by atoms with van der Waals surface area (Å²) in [6.07, 6.45) is 2.21. The quantitative estimate of drug-likeness (QED) is 0.677. The van der Waals surface area contributed by atoms with E-state index < -0.39 is 0 Å². The van der Waals surface area contributed by atoms with Crippen LogP contribution >= 0.6 is 11.3 Å². The van der Waals surface area contributed by atoms with E-state index in [0.717, 1.165) is 0 Å².